The Morgan fingerprint density at radius 3 is 2.43 bits per heavy atom. The zero-order valence-electron chi connectivity index (χ0n) is 13.2. The quantitative estimate of drug-likeness (QED) is 0.819. The topological polar surface area (TPSA) is 59.6 Å². The van der Waals surface area contributed by atoms with Gasteiger partial charge in [-0.05, 0) is 54.4 Å². The fraction of sp³-hybridized carbons (Fsp3) is 0.533. The molecule has 1 aromatic rings. The van der Waals surface area contributed by atoms with Crippen molar-refractivity contribution in [2.24, 2.45) is 0 Å². The summed E-state index contributed by atoms with van der Waals surface area (Å²) < 4.78 is 11.4. The molecule has 1 aromatic carbocycles. The summed E-state index contributed by atoms with van der Waals surface area (Å²) in [6.45, 7) is 6.70. The summed E-state index contributed by atoms with van der Waals surface area (Å²) in [4.78, 5) is 11.7. The Morgan fingerprint density at radius 1 is 1.24 bits per heavy atom. The molecule has 0 unspecified atom stereocenters. The summed E-state index contributed by atoms with van der Waals surface area (Å²) in [5.41, 5.74) is 0.786. The van der Waals surface area contributed by atoms with E-state index in [1.807, 2.05) is 32.9 Å². The number of carbonyl (C=O) groups excluding carboxylic acids is 1. The third kappa shape index (κ3) is 5.93. The predicted molar refractivity (Wildman–Crippen MR) is 86.8 cm³/mol. The van der Waals surface area contributed by atoms with Crippen molar-refractivity contribution in [3.05, 3.63) is 22.2 Å². The van der Waals surface area contributed by atoms with E-state index >= 15 is 0 Å². The van der Waals surface area contributed by atoms with Crippen molar-refractivity contribution in [3.8, 4) is 11.5 Å². The maximum Gasteiger partial charge on any atom is 0.234 e. The van der Waals surface area contributed by atoms with E-state index in [1.165, 1.54) is 0 Å². The molecular formula is C15H23BrN2O3. The maximum atomic E-state index is 11.7. The Balaban J connectivity index is 2.60. The maximum absolute atomic E-state index is 11.7. The minimum atomic E-state index is -0.217. The molecular weight excluding hydrogens is 336 g/mol. The number of carbonyl (C=O) groups is 1. The van der Waals surface area contributed by atoms with Gasteiger partial charge in [0.1, 0.15) is 0 Å². The van der Waals surface area contributed by atoms with E-state index in [1.54, 1.807) is 14.2 Å². The number of amides is 1. The number of hydrogen-bond acceptors (Lipinski definition) is 4. The average Bonchev–Trinajstić information content (AvgIpc) is 2.35. The molecule has 0 aromatic heterocycles. The molecule has 0 fully saturated rings. The summed E-state index contributed by atoms with van der Waals surface area (Å²) in [7, 11) is 3.19. The van der Waals surface area contributed by atoms with E-state index < -0.39 is 0 Å². The molecule has 1 amide bonds. The highest BCUT2D eigenvalue weighted by molar-refractivity contribution is 9.10. The normalized spacial score (nSPS) is 11.1. The SMILES string of the molecule is COc1cc(CNCC(=O)NC(C)(C)C)cc(Br)c1OC. The second kappa shape index (κ2) is 7.66. The second-order valence-corrected chi connectivity index (χ2v) is 6.57. The minimum Gasteiger partial charge on any atom is -0.493 e. The van der Waals surface area contributed by atoms with Crippen LogP contribution in [0.25, 0.3) is 0 Å². The van der Waals surface area contributed by atoms with Crippen LogP contribution >= 0.6 is 15.9 Å². The Bertz CT molecular complexity index is 498. The lowest BCUT2D eigenvalue weighted by molar-refractivity contribution is -0.121. The van der Waals surface area contributed by atoms with Gasteiger partial charge < -0.3 is 20.1 Å². The molecule has 1 rings (SSSR count). The molecule has 0 bridgehead atoms. The van der Waals surface area contributed by atoms with Gasteiger partial charge in [0, 0.05) is 12.1 Å². The summed E-state index contributed by atoms with van der Waals surface area (Å²) in [6, 6.07) is 3.83. The Morgan fingerprint density at radius 2 is 1.90 bits per heavy atom. The van der Waals surface area contributed by atoms with Crippen molar-refractivity contribution >= 4 is 21.8 Å². The molecule has 118 valence electrons. The van der Waals surface area contributed by atoms with Crippen molar-refractivity contribution in [2.75, 3.05) is 20.8 Å². The van der Waals surface area contributed by atoms with Crippen LogP contribution in [0.2, 0.25) is 0 Å². The predicted octanol–water partition coefficient (Wildman–Crippen LogP) is 2.47. The van der Waals surface area contributed by atoms with Gasteiger partial charge in [-0.3, -0.25) is 4.79 Å². The van der Waals surface area contributed by atoms with E-state index in [9.17, 15) is 4.79 Å². The van der Waals surface area contributed by atoms with E-state index in [0.29, 0.717) is 18.0 Å². The van der Waals surface area contributed by atoms with Gasteiger partial charge in [0.2, 0.25) is 5.91 Å². The number of ether oxygens (including phenoxy) is 2. The van der Waals surface area contributed by atoms with Crippen molar-refractivity contribution in [2.45, 2.75) is 32.9 Å². The van der Waals surface area contributed by atoms with Crippen LogP contribution in [0.4, 0.5) is 0 Å². The number of benzene rings is 1. The Kier molecular flexibility index (Phi) is 6.48. The molecule has 0 atom stereocenters. The van der Waals surface area contributed by atoms with Gasteiger partial charge >= 0.3 is 0 Å². The van der Waals surface area contributed by atoms with Crippen molar-refractivity contribution in [1.29, 1.82) is 0 Å². The average molecular weight is 359 g/mol. The van der Waals surface area contributed by atoms with E-state index in [-0.39, 0.29) is 18.0 Å². The molecule has 0 saturated heterocycles. The van der Waals surface area contributed by atoms with E-state index in [4.69, 9.17) is 9.47 Å². The first-order valence-electron chi connectivity index (χ1n) is 6.69. The van der Waals surface area contributed by atoms with Crippen LogP contribution in [0.15, 0.2) is 16.6 Å². The molecule has 0 aliphatic rings. The van der Waals surface area contributed by atoms with Crippen LogP contribution in [-0.2, 0) is 11.3 Å². The van der Waals surface area contributed by atoms with Crippen LogP contribution in [-0.4, -0.2) is 32.2 Å². The van der Waals surface area contributed by atoms with Crippen LogP contribution in [0.1, 0.15) is 26.3 Å². The van der Waals surface area contributed by atoms with Gasteiger partial charge in [0.05, 0.1) is 25.2 Å². The Hall–Kier alpha value is -1.27. The highest BCUT2D eigenvalue weighted by Crippen LogP contribution is 2.36. The highest BCUT2D eigenvalue weighted by Gasteiger charge is 2.14. The van der Waals surface area contributed by atoms with Gasteiger partial charge in [-0.2, -0.15) is 0 Å². The standard InChI is InChI=1S/C15H23BrN2O3/c1-15(2,3)18-13(19)9-17-8-10-6-11(16)14(21-5)12(7-10)20-4/h6-7,17H,8-9H2,1-5H3,(H,18,19). The smallest absolute Gasteiger partial charge is 0.234 e. The fourth-order valence-electron chi connectivity index (χ4n) is 1.86. The molecule has 5 nitrogen and oxygen atoms in total. The lowest BCUT2D eigenvalue weighted by Crippen LogP contribution is -2.44. The van der Waals surface area contributed by atoms with E-state index in [0.717, 1.165) is 10.0 Å². The summed E-state index contributed by atoms with van der Waals surface area (Å²) in [5, 5.41) is 6.01. The van der Waals surface area contributed by atoms with E-state index in [2.05, 4.69) is 26.6 Å². The summed E-state index contributed by atoms with van der Waals surface area (Å²) >= 11 is 3.45. The van der Waals surface area contributed by atoms with Crippen LogP contribution in [0, 0.1) is 0 Å². The second-order valence-electron chi connectivity index (χ2n) is 5.71. The molecule has 0 aliphatic heterocycles. The first-order valence-corrected chi connectivity index (χ1v) is 7.48. The lowest BCUT2D eigenvalue weighted by Gasteiger charge is -2.20. The van der Waals surface area contributed by atoms with Gasteiger partial charge in [0.25, 0.3) is 0 Å². The third-order valence-corrected chi connectivity index (χ3v) is 3.21. The summed E-state index contributed by atoms with van der Waals surface area (Å²) in [5.74, 6) is 1.29. The third-order valence-electron chi connectivity index (χ3n) is 2.62. The molecule has 0 spiro atoms. The molecule has 0 heterocycles. The number of nitrogens with one attached hydrogen (secondary N) is 2. The zero-order valence-corrected chi connectivity index (χ0v) is 14.8. The monoisotopic (exact) mass is 358 g/mol. The largest absolute Gasteiger partial charge is 0.493 e. The summed E-state index contributed by atoms with van der Waals surface area (Å²) in [6.07, 6.45) is 0. The van der Waals surface area contributed by atoms with Gasteiger partial charge in [-0.15, -0.1) is 0 Å². The van der Waals surface area contributed by atoms with Crippen molar-refractivity contribution in [3.63, 3.8) is 0 Å². The van der Waals surface area contributed by atoms with Crippen LogP contribution < -0.4 is 20.1 Å². The molecule has 6 heteroatoms. The fourth-order valence-corrected chi connectivity index (χ4v) is 2.51. The first kappa shape index (κ1) is 17.8. The number of methoxy groups -OCH3 is 2. The minimum absolute atomic E-state index is 0.0259. The molecule has 0 saturated carbocycles. The first-order chi connectivity index (χ1) is 9.76. The van der Waals surface area contributed by atoms with Gasteiger partial charge in [0.15, 0.2) is 11.5 Å². The number of halogens is 1. The van der Waals surface area contributed by atoms with Crippen molar-refractivity contribution in [1.82, 2.24) is 10.6 Å². The molecule has 21 heavy (non-hydrogen) atoms. The van der Waals surface area contributed by atoms with Crippen LogP contribution in [0.3, 0.4) is 0 Å². The molecule has 0 aliphatic carbocycles. The lowest BCUT2D eigenvalue weighted by atomic mass is 10.1. The van der Waals surface area contributed by atoms with Crippen LogP contribution in [0.5, 0.6) is 11.5 Å². The van der Waals surface area contributed by atoms with Gasteiger partial charge in [-0.25, -0.2) is 0 Å². The van der Waals surface area contributed by atoms with Gasteiger partial charge in [-0.1, -0.05) is 0 Å². The highest BCUT2D eigenvalue weighted by atomic mass is 79.9. The number of rotatable bonds is 6. The number of hydrogen-bond donors (Lipinski definition) is 2. The Labute approximate surface area is 134 Å². The van der Waals surface area contributed by atoms with Crippen molar-refractivity contribution < 1.29 is 14.3 Å². The zero-order chi connectivity index (χ0) is 16.0. The molecule has 2 N–H and O–H groups in total. The molecule has 0 radical (unpaired) electrons.